The smallest absolute Gasteiger partial charge is 0.236 e. The monoisotopic (exact) mass is 208 g/mol. The van der Waals surface area contributed by atoms with E-state index in [2.05, 4.69) is 10.3 Å². The quantitative estimate of drug-likeness (QED) is 0.836. The van der Waals surface area contributed by atoms with Gasteiger partial charge in [0.25, 0.3) is 0 Å². The highest BCUT2D eigenvalue weighted by Crippen LogP contribution is 2.23. The van der Waals surface area contributed by atoms with Crippen LogP contribution >= 0.6 is 11.3 Å². The normalized spacial score (nSPS) is 10.6. The predicted molar refractivity (Wildman–Crippen MR) is 57.4 cm³/mol. The summed E-state index contributed by atoms with van der Waals surface area (Å²) in [5.74, 6) is 0.728. The Kier molecular flexibility index (Phi) is 2.96. The summed E-state index contributed by atoms with van der Waals surface area (Å²) in [4.78, 5) is 5.48. The number of oxazole rings is 1. The molecule has 2 rings (SSSR count). The molecule has 0 saturated heterocycles. The van der Waals surface area contributed by atoms with Crippen molar-refractivity contribution < 1.29 is 4.42 Å². The first-order chi connectivity index (χ1) is 6.90. The van der Waals surface area contributed by atoms with Gasteiger partial charge in [-0.1, -0.05) is 6.07 Å². The molecule has 0 saturated carbocycles. The minimum Gasteiger partial charge on any atom is -0.444 e. The SMILES string of the molecule is CNCCc1coc(-c2cccs2)n1. The second-order valence-corrected chi connectivity index (χ2v) is 3.92. The Balaban J connectivity index is 2.10. The third-order valence-corrected chi connectivity index (χ3v) is 2.77. The minimum atomic E-state index is 0.728. The van der Waals surface area contributed by atoms with Gasteiger partial charge in [-0.25, -0.2) is 4.98 Å². The molecule has 0 radical (unpaired) electrons. The number of likely N-dealkylation sites (N-methyl/N-ethyl adjacent to an activating group) is 1. The summed E-state index contributed by atoms with van der Waals surface area (Å²) >= 11 is 1.64. The topological polar surface area (TPSA) is 38.1 Å². The zero-order chi connectivity index (χ0) is 9.80. The Morgan fingerprint density at radius 3 is 3.21 bits per heavy atom. The van der Waals surface area contributed by atoms with Crippen molar-refractivity contribution in [2.75, 3.05) is 13.6 Å². The molecule has 2 aromatic heterocycles. The molecule has 14 heavy (non-hydrogen) atoms. The Bertz CT molecular complexity index is 380. The van der Waals surface area contributed by atoms with Crippen LogP contribution in [0.25, 0.3) is 10.8 Å². The van der Waals surface area contributed by atoms with Crippen LogP contribution in [0.1, 0.15) is 5.69 Å². The molecule has 3 nitrogen and oxygen atoms in total. The van der Waals surface area contributed by atoms with Gasteiger partial charge in [0, 0.05) is 13.0 Å². The number of thiophene rings is 1. The molecule has 74 valence electrons. The van der Waals surface area contributed by atoms with Gasteiger partial charge in [-0.2, -0.15) is 0 Å². The van der Waals surface area contributed by atoms with Crippen LogP contribution in [0.2, 0.25) is 0 Å². The fourth-order valence-electron chi connectivity index (χ4n) is 1.19. The minimum absolute atomic E-state index is 0.728. The van der Waals surface area contributed by atoms with E-state index < -0.39 is 0 Å². The van der Waals surface area contributed by atoms with E-state index in [1.165, 1.54) is 0 Å². The first-order valence-electron chi connectivity index (χ1n) is 4.53. The second-order valence-electron chi connectivity index (χ2n) is 2.97. The molecule has 0 aliphatic heterocycles. The van der Waals surface area contributed by atoms with Gasteiger partial charge in [-0.15, -0.1) is 11.3 Å². The van der Waals surface area contributed by atoms with Gasteiger partial charge in [0.15, 0.2) is 0 Å². The van der Waals surface area contributed by atoms with Crippen molar-refractivity contribution in [2.45, 2.75) is 6.42 Å². The number of rotatable bonds is 4. The molecule has 2 heterocycles. The summed E-state index contributed by atoms with van der Waals surface area (Å²) < 4.78 is 5.38. The fourth-order valence-corrected chi connectivity index (χ4v) is 1.84. The van der Waals surface area contributed by atoms with Crippen molar-refractivity contribution in [3.05, 3.63) is 29.5 Å². The number of hydrogen-bond acceptors (Lipinski definition) is 4. The Hall–Kier alpha value is -1.13. The van der Waals surface area contributed by atoms with Crippen molar-refractivity contribution >= 4 is 11.3 Å². The van der Waals surface area contributed by atoms with Crippen molar-refractivity contribution in [2.24, 2.45) is 0 Å². The lowest BCUT2D eigenvalue weighted by Gasteiger charge is -1.92. The van der Waals surface area contributed by atoms with Crippen LogP contribution in [0.3, 0.4) is 0 Å². The number of hydrogen-bond donors (Lipinski definition) is 1. The van der Waals surface area contributed by atoms with Gasteiger partial charge in [0.05, 0.1) is 10.6 Å². The van der Waals surface area contributed by atoms with Gasteiger partial charge in [-0.05, 0) is 18.5 Å². The number of aromatic nitrogens is 1. The van der Waals surface area contributed by atoms with E-state index in [0.717, 1.165) is 29.4 Å². The van der Waals surface area contributed by atoms with Crippen molar-refractivity contribution in [1.29, 1.82) is 0 Å². The van der Waals surface area contributed by atoms with Crippen LogP contribution in [0.4, 0.5) is 0 Å². The molecule has 4 heteroatoms. The molecule has 1 N–H and O–H groups in total. The standard InChI is InChI=1S/C10H12N2OS/c1-11-5-4-8-7-13-10(12-8)9-3-2-6-14-9/h2-3,6-7,11H,4-5H2,1H3. The van der Waals surface area contributed by atoms with Gasteiger partial charge in [0.1, 0.15) is 6.26 Å². The second kappa shape index (κ2) is 4.39. The van der Waals surface area contributed by atoms with Crippen molar-refractivity contribution in [1.82, 2.24) is 10.3 Å². The average Bonchev–Trinajstić information content (AvgIpc) is 2.85. The van der Waals surface area contributed by atoms with Crippen LogP contribution in [-0.4, -0.2) is 18.6 Å². The Morgan fingerprint density at radius 2 is 2.50 bits per heavy atom. The largest absolute Gasteiger partial charge is 0.444 e. The van der Waals surface area contributed by atoms with Crippen LogP contribution in [-0.2, 0) is 6.42 Å². The molecule has 0 amide bonds. The fraction of sp³-hybridized carbons (Fsp3) is 0.300. The summed E-state index contributed by atoms with van der Waals surface area (Å²) in [6.45, 7) is 0.927. The van der Waals surface area contributed by atoms with Gasteiger partial charge in [-0.3, -0.25) is 0 Å². The Morgan fingerprint density at radius 1 is 1.57 bits per heavy atom. The molecule has 2 aromatic rings. The van der Waals surface area contributed by atoms with E-state index in [0.29, 0.717) is 0 Å². The number of nitrogens with zero attached hydrogens (tertiary/aromatic N) is 1. The Labute approximate surface area is 86.8 Å². The van der Waals surface area contributed by atoms with Gasteiger partial charge >= 0.3 is 0 Å². The van der Waals surface area contributed by atoms with E-state index in [4.69, 9.17) is 4.42 Å². The van der Waals surface area contributed by atoms with E-state index in [1.54, 1.807) is 17.6 Å². The predicted octanol–water partition coefficient (Wildman–Crippen LogP) is 2.17. The summed E-state index contributed by atoms with van der Waals surface area (Å²) in [5.41, 5.74) is 1.00. The highest BCUT2D eigenvalue weighted by atomic mass is 32.1. The van der Waals surface area contributed by atoms with Crippen LogP contribution in [0, 0.1) is 0 Å². The molecule has 0 aromatic carbocycles. The summed E-state index contributed by atoms with van der Waals surface area (Å²) in [6, 6.07) is 4.01. The maximum Gasteiger partial charge on any atom is 0.236 e. The maximum absolute atomic E-state index is 5.38. The lowest BCUT2D eigenvalue weighted by molar-refractivity contribution is 0.573. The molecule has 0 unspecified atom stereocenters. The molecular weight excluding hydrogens is 196 g/mol. The molecule has 0 aliphatic carbocycles. The average molecular weight is 208 g/mol. The van der Waals surface area contributed by atoms with E-state index >= 15 is 0 Å². The van der Waals surface area contributed by atoms with Crippen LogP contribution in [0.15, 0.2) is 28.2 Å². The molecular formula is C10H12N2OS. The lowest BCUT2D eigenvalue weighted by atomic mass is 10.3. The molecule has 0 bridgehead atoms. The van der Waals surface area contributed by atoms with Crippen molar-refractivity contribution in [3.8, 4) is 10.8 Å². The first-order valence-corrected chi connectivity index (χ1v) is 5.41. The van der Waals surface area contributed by atoms with Crippen LogP contribution in [0.5, 0.6) is 0 Å². The van der Waals surface area contributed by atoms with E-state index in [1.807, 2.05) is 24.6 Å². The zero-order valence-corrected chi connectivity index (χ0v) is 8.80. The van der Waals surface area contributed by atoms with E-state index in [-0.39, 0.29) is 0 Å². The third-order valence-electron chi connectivity index (χ3n) is 1.91. The molecule has 0 aliphatic rings. The first kappa shape index (κ1) is 9.43. The molecule has 0 fully saturated rings. The van der Waals surface area contributed by atoms with E-state index in [9.17, 15) is 0 Å². The molecule has 0 atom stereocenters. The highest BCUT2D eigenvalue weighted by molar-refractivity contribution is 7.13. The summed E-state index contributed by atoms with van der Waals surface area (Å²) in [7, 11) is 1.93. The van der Waals surface area contributed by atoms with Crippen LogP contribution < -0.4 is 5.32 Å². The van der Waals surface area contributed by atoms with Crippen molar-refractivity contribution in [3.63, 3.8) is 0 Å². The zero-order valence-electron chi connectivity index (χ0n) is 7.99. The summed E-state index contributed by atoms with van der Waals surface area (Å²) in [5, 5.41) is 5.10. The van der Waals surface area contributed by atoms with Gasteiger partial charge < -0.3 is 9.73 Å². The third kappa shape index (κ3) is 2.02. The summed E-state index contributed by atoms with van der Waals surface area (Å²) in [6.07, 6.45) is 2.64. The highest BCUT2D eigenvalue weighted by Gasteiger charge is 2.06. The maximum atomic E-state index is 5.38. The molecule has 0 spiro atoms. The number of nitrogens with one attached hydrogen (secondary N) is 1. The van der Waals surface area contributed by atoms with Gasteiger partial charge in [0.2, 0.25) is 5.89 Å². The lowest BCUT2D eigenvalue weighted by Crippen LogP contribution is -2.10.